The van der Waals surface area contributed by atoms with Crippen molar-refractivity contribution in [1.29, 1.82) is 0 Å². The molecule has 0 aliphatic rings. The second-order valence-corrected chi connectivity index (χ2v) is 5.63. The summed E-state index contributed by atoms with van der Waals surface area (Å²) in [5.74, 6) is 0.850. The fraction of sp³-hybridized carbons (Fsp3) is 0.211. The van der Waals surface area contributed by atoms with Crippen molar-refractivity contribution in [3.05, 3.63) is 75.6 Å². The molecule has 0 unspecified atom stereocenters. The first-order valence-electron chi connectivity index (χ1n) is 7.62. The molecule has 0 atom stereocenters. The van der Waals surface area contributed by atoms with Gasteiger partial charge in [-0.3, -0.25) is 4.79 Å². The van der Waals surface area contributed by atoms with Crippen LogP contribution in [0, 0.1) is 6.92 Å². The monoisotopic (exact) mass is 308 g/mol. The van der Waals surface area contributed by atoms with E-state index in [9.17, 15) is 4.79 Å². The number of benzene rings is 2. The van der Waals surface area contributed by atoms with E-state index in [0.29, 0.717) is 13.1 Å². The van der Waals surface area contributed by atoms with Gasteiger partial charge in [0, 0.05) is 29.7 Å². The number of aryl methyl sites for hydroxylation is 1. The fourth-order valence-corrected chi connectivity index (χ4v) is 2.67. The molecular weight excluding hydrogens is 288 g/mol. The van der Waals surface area contributed by atoms with Crippen molar-refractivity contribution in [2.45, 2.75) is 20.0 Å². The third-order valence-electron chi connectivity index (χ3n) is 3.90. The maximum Gasteiger partial charge on any atom is 0.252 e. The lowest BCUT2D eigenvalue weighted by molar-refractivity contribution is 0.407. The summed E-state index contributed by atoms with van der Waals surface area (Å²) < 4.78 is 5.33. The Hall–Kier alpha value is -2.59. The Balaban J connectivity index is 1.75. The Morgan fingerprint density at radius 1 is 1.04 bits per heavy atom. The summed E-state index contributed by atoms with van der Waals surface area (Å²) in [6.07, 6.45) is 0. The van der Waals surface area contributed by atoms with Crippen LogP contribution >= 0.6 is 0 Å². The molecule has 2 aromatic carbocycles. The van der Waals surface area contributed by atoms with Gasteiger partial charge in [0.1, 0.15) is 5.75 Å². The van der Waals surface area contributed by atoms with Gasteiger partial charge in [0.15, 0.2) is 0 Å². The van der Waals surface area contributed by atoms with E-state index < -0.39 is 0 Å². The summed E-state index contributed by atoms with van der Waals surface area (Å²) in [5.41, 5.74) is 3.77. The van der Waals surface area contributed by atoms with E-state index in [1.54, 1.807) is 7.11 Å². The minimum Gasteiger partial charge on any atom is -0.496 e. The molecule has 1 heterocycles. The predicted octanol–water partition coefficient (Wildman–Crippen LogP) is 3.13. The number of aromatic nitrogens is 1. The zero-order valence-electron chi connectivity index (χ0n) is 13.3. The lowest BCUT2D eigenvalue weighted by Gasteiger charge is -2.09. The topological polar surface area (TPSA) is 54.1 Å². The molecule has 0 bridgehead atoms. The number of ether oxygens (including phenoxy) is 1. The minimum absolute atomic E-state index is 0.0457. The van der Waals surface area contributed by atoms with Crippen LogP contribution in [-0.4, -0.2) is 12.1 Å². The third kappa shape index (κ3) is 3.43. The Bertz CT molecular complexity index is 884. The molecule has 23 heavy (non-hydrogen) atoms. The summed E-state index contributed by atoms with van der Waals surface area (Å²) in [4.78, 5) is 15.1. The van der Waals surface area contributed by atoms with Crippen molar-refractivity contribution < 1.29 is 4.74 Å². The molecule has 0 amide bonds. The standard InChI is InChI=1S/C19H20N2O2/c1-13-7-8-14-10-16(19(22)21-17(14)9-13)12-20-11-15-5-3-4-6-18(15)23-2/h3-10,20H,11-12H2,1-2H3,(H,21,22). The number of aromatic amines is 1. The van der Waals surface area contributed by atoms with Gasteiger partial charge < -0.3 is 15.0 Å². The average Bonchev–Trinajstić information content (AvgIpc) is 2.56. The van der Waals surface area contributed by atoms with Gasteiger partial charge >= 0.3 is 0 Å². The van der Waals surface area contributed by atoms with Crippen LogP contribution in [0.2, 0.25) is 0 Å². The number of fused-ring (bicyclic) bond motifs is 1. The van der Waals surface area contributed by atoms with Gasteiger partial charge in [-0.1, -0.05) is 30.3 Å². The molecule has 0 aliphatic heterocycles. The van der Waals surface area contributed by atoms with E-state index in [0.717, 1.165) is 33.3 Å². The first kappa shape index (κ1) is 15.3. The molecule has 3 rings (SSSR count). The zero-order chi connectivity index (χ0) is 16.2. The van der Waals surface area contributed by atoms with Crippen molar-refractivity contribution >= 4 is 10.9 Å². The molecular formula is C19H20N2O2. The molecule has 0 radical (unpaired) electrons. The molecule has 0 spiro atoms. The highest BCUT2D eigenvalue weighted by molar-refractivity contribution is 5.79. The van der Waals surface area contributed by atoms with E-state index in [1.807, 2.05) is 55.5 Å². The van der Waals surface area contributed by atoms with E-state index in [2.05, 4.69) is 10.3 Å². The molecule has 2 N–H and O–H groups in total. The van der Waals surface area contributed by atoms with Gasteiger partial charge in [0.05, 0.1) is 7.11 Å². The second kappa shape index (κ2) is 6.67. The summed E-state index contributed by atoms with van der Waals surface area (Å²) >= 11 is 0. The Morgan fingerprint density at radius 3 is 2.65 bits per heavy atom. The maximum absolute atomic E-state index is 12.2. The fourth-order valence-electron chi connectivity index (χ4n) is 2.67. The molecule has 1 aromatic heterocycles. The first-order chi connectivity index (χ1) is 11.2. The smallest absolute Gasteiger partial charge is 0.252 e. The molecule has 0 saturated heterocycles. The van der Waals surface area contributed by atoms with Gasteiger partial charge in [-0.25, -0.2) is 0 Å². The van der Waals surface area contributed by atoms with Crippen LogP contribution in [0.4, 0.5) is 0 Å². The highest BCUT2D eigenvalue weighted by Gasteiger charge is 2.05. The predicted molar refractivity (Wildman–Crippen MR) is 92.8 cm³/mol. The summed E-state index contributed by atoms with van der Waals surface area (Å²) in [6.45, 7) is 3.17. The van der Waals surface area contributed by atoms with Crippen molar-refractivity contribution in [2.24, 2.45) is 0 Å². The van der Waals surface area contributed by atoms with Gasteiger partial charge in [-0.05, 0) is 36.1 Å². The van der Waals surface area contributed by atoms with Crippen molar-refractivity contribution in [3.63, 3.8) is 0 Å². The van der Waals surface area contributed by atoms with E-state index in [-0.39, 0.29) is 5.56 Å². The van der Waals surface area contributed by atoms with Crippen LogP contribution in [0.3, 0.4) is 0 Å². The molecule has 0 fully saturated rings. The maximum atomic E-state index is 12.2. The number of hydrogen-bond acceptors (Lipinski definition) is 3. The first-order valence-corrected chi connectivity index (χ1v) is 7.62. The molecule has 0 aliphatic carbocycles. The third-order valence-corrected chi connectivity index (χ3v) is 3.90. The number of methoxy groups -OCH3 is 1. The Kier molecular flexibility index (Phi) is 4.44. The molecule has 4 nitrogen and oxygen atoms in total. The van der Waals surface area contributed by atoms with Crippen LogP contribution < -0.4 is 15.6 Å². The van der Waals surface area contributed by atoms with Gasteiger partial charge in [-0.2, -0.15) is 0 Å². The highest BCUT2D eigenvalue weighted by atomic mass is 16.5. The largest absolute Gasteiger partial charge is 0.496 e. The average molecular weight is 308 g/mol. The molecule has 4 heteroatoms. The number of para-hydroxylation sites is 1. The van der Waals surface area contributed by atoms with Crippen LogP contribution in [0.5, 0.6) is 5.75 Å². The minimum atomic E-state index is -0.0457. The number of rotatable bonds is 5. The molecule has 0 saturated carbocycles. The summed E-state index contributed by atoms with van der Waals surface area (Å²) in [7, 11) is 1.66. The number of H-pyrrole nitrogens is 1. The number of pyridine rings is 1. The quantitative estimate of drug-likeness (QED) is 0.761. The van der Waals surface area contributed by atoms with Gasteiger partial charge in [-0.15, -0.1) is 0 Å². The van der Waals surface area contributed by atoms with Crippen LogP contribution in [-0.2, 0) is 13.1 Å². The van der Waals surface area contributed by atoms with Gasteiger partial charge in [0.25, 0.3) is 5.56 Å². The lowest BCUT2D eigenvalue weighted by atomic mass is 10.1. The molecule has 3 aromatic rings. The van der Waals surface area contributed by atoms with Crippen molar-refractivity contribution in [1.82, 2.24) is 10.3 Å². The van der Waals surface area contributed by atoms with Crippen molar-refractivity contribution in [3.8, 4) is 5.75 Å². The second-order valence-electron chi connectivity index (χ2n) is 5.63. The number of nitrogens with one attached hydrogen (secondary N) is 2. The van der Waals surface area contributed by atoms with Crippen LogP contribution in [0.1, 0.15) is 16.7 Å². The highest BCUT2D eigenvalue weighted by Crippen LogP contribution is 2.17. The summed E-state index contributed by atoms with van der Waals surface area (Å²) in [5, 5.41) is 4.36. The number of hydrogen-bond donors (Lipinski definition) is 2. The summed E-state index contributed by atoms with van der Waals surface area (Å²) in [6, 6.07) is 15.9. The van der Waals surface area contributed by atoms with E-state index in [1.165, 1.54) is 0 Å². The van der Waals surface area contributed by atoms with E-state index in [4.69, 9.17) is 4.74 Å². The van der Waals surface area contributed by atoms with Gasteiger partial charge in [0.2, 0.25) is 0 Å². The van der Waals surface area contributed by atoms with Crippen LogP contribution in [0.25, 0.3) is 10.9 Å². The zero-order valence-corrected chi connectivity index (χ0v) is 13.3. The normalized spacial score (nSPS) is 10.9. The Morgan fingerprint density at radius 2 is 1.83 bits per heavy atom. The Labute approximate surface area is 135 Å². The van der Waals surface area contributed by atoms with Crippen molar-refractivity contribution in [2.75, 3.05) is 7.11 Å². The van der Waals surface area contributed by atoms with E-state index >= 15 is 0 Å². The lowest BCUT2D eigenvalue weighted by Crippen LogP contribution is -2.21. The molecule has 118 valence electrons. The van der Waals surface area contributed by atoms with Crippen LogP contribution in [0.15, 0.2) is 53.3 Å². The SMILES string of the molecule is COc1ccccc1CNCc1cc2ccc(C)cc2[nH]c1=O.